The van der Waals surface area contributed by atoms with Crippen LogP contribution in [0, 0.1) is 0 Å². The highest BCUT2D eigenvalue weighted by Gasteiger charge is 2.52. The number of carbonyl (C=O) groups excluding carboxylic acids is 1. The van der Waals surface area contributed by atoms with Crippen LogP contribution in [0.3, 0.4) is 0 Å². The Kier molecular flexibility index (Phi) is 6.69. The molecule has 2 aromatic rings. The van der Waals surface area contributed by atoms with Crippen LogP contribution >= 0.6 is 0 Å². The first kappa shape index (κ1) is 22.1. The highest BCUT2D eigenvalue weighted by Crippen LogP contribution is 2.38. The second-order valence-electron chi connectivity index (χ2n) is 8.56. The minimum atomic E-state index is -0.518. The fourth-order valence-corrected chi connectivity index (χ4v) is 3.04. The topological polar surface area (TPSA) is 56.8 Å². The van der Waals surface area contributed by atoms with E-state index in [4.69, 9.17) is 14.0 Å². The smallest absolute Gasteiger partial charge is 0.489 e. The quantitative estimate of drug-likeness (QED) is 0.691. The maximum absolute atomic E-state index is 11.5. The number of hydrogen-bond donors (Lipinski definition) is 1. The summed E-state index contributed by atoms with van der Waals surface area (Å²) >= 11 is 0. The lowest BCUT2D eigenvalue weighted by Gasteiger charge is -2.32. The first-order valence-corrected chi connectivity index (χ1v) is 10.2. The number of carbonyl (C=O) groups is 1. The van der Waals surface area contributed by atoms with E-state index >= 15 is 0 Å². The Morgan fingerprint density at radius 3 is 2.17 bits per heavy atom. The third-order valence-corrected chi connectivity index (χ3v) is 5.58. The highest BCUT2D eigenvalue weighted by atomic mass is 16.7. The molecule has 1 heterocycles. The summed E-state index contributed by atoms with van der Waals surface area (Å²) in [6.07, 6.45) is 2.00. The van der Waals surface area contributed by atoms with Crippen molar-refractivity contribution < 1.29 is 18.8 Å². The van der Waals surface area contributed by atoms with Gasteiger partial charge in [0.05, 0.1) is 11.2 Å². The van der Waals surface area contributed by atoms with Crippen LogP contribution in [0.2, 0.25) is 0 Å². The molecule has 1 amide bonds. The molecule has 1 fully saturated rings. The zero-order valence-electron chi connectivity index (χ0n) is 18.4. The predicted molar refractivity (Wildman–Crippen MR) is 120 cm³/mol. The van der Waals surface area contributed by atoms with Gasteiger partial charge in [-0.05, 0) is 56.4 Å². The summed E-state index contributed by atoms with van der Waals surface area (Å²) in [5, 5.41) is 2.86. The van der Waals surface area contributed by atoms with Gasteiger partial charge in [-0.1, -0.05) is 48.5 Å². The van der Waals surface area contributed by atoms with E-state index in [0.717, 1.165) is 22.3 Å². The SMILES string of the molecule is CC(=O)NCC(=Cc1ccc(OCc2ccccc2)cc1)B1OC(C)(C)C(C)(C)O1. The number of rotatable bonds is 7. The molecule has 0 radical (unpaired) electrons. The van der Waals surface area contributed by atoms with Crippen LogP contribution < -0.4 is 10.1 Å². The molecule has 1 aliphatic rings. The van der Waals surface area contributed by atoms with Gasteiger partial charge in [-0.15, -0.1) is 0 Å². The molecule has 0 saturated carbocycles. The van der Waals surface area contributed by atoms with Gasteiger partial charge in [0.1, 0.15) is 12.4 Å². The van der Waals surface area contributed by atoms with Crippen LogP contribution in [0.1, 0.15) is 45.7 Å². The molecule has 0 unspecified atom stereocenters. The van der Waals surface area contributed by atoms with Gasteiger partial charge < -0.3 is 19.4 Å². The highest BCUT2D eigenvalue weighted by molar-refractivity contribution is 6.56. The van der Waals surface area contributed by atoms with Gasteiger partial charge in [0.2, 0.25) is 5.91 Å². The molecule has 30 heavy (non-hydrogen) atoms. The normalized spacial score (nSPS) is 17.6. The van der Waals surface area contributed by atoms with Gasteiger partial charge in [0, 0.05) is 13.5 Å². The van der Waals surface area contributed by atoms with E-state index in [1.807, 2.05) is 88.4 Å². The van der Waals surface area contributed by atoms with Crippen molar-refractivity contribution in [3.63, 3.8) is 0 Å². The molecule has 0 atom stereocenters. The monoisotopic (exact) mass is 407 g/mol. The molecule has 1 aliphatic heterocycles. The van der Waals surface area contributed by atoms with E-state index in [1.165, 1.54) is 6.92 Å². The van der Waals surface area contributed by atoms with Crippen LogP contribution in [0.4, 0.5) is 0 Å². The third kappa shape index (κ3) is 5.52. The van der Waals surface area contributed by atoms with E-state index in [0.29, 0.717) is 13.2 Å². The Balaban J connectivity index is 1.73. The molecule has 158 valence electrons. The van der Waals surface area contributed by atoms with Gasteiger partial charge in [0.15, 0.2) is 0 Å². The number of amides is 1. The fraction of sp³-hybridized carbons (Fsp3) is 0.375. The summed E-state index contributed by atoms with van der Waals surface area (Å²) in [5.74, 6) is 0.706. The van der Waals surface area contributed by atoms with E-state index in [9.17, 15) is 4.79 Å². The lowest BCUT2D eigenvalue weighted by Crippen LogP contribution is -2.41. The predicted octanol–water partition coefficient (Wildman–Crippen LogP) is 4.42. The second kappa shape index (κ2) is 9.06. The van der Waals surface area contributed by atoms with Crippen molar-refractivity contribution >= 4 is 19.1 Å². The van der Waals surface area contributed by atoms with Crippen molar-refractivity contribution in [3.8, 4) is 5.75 Å². The van der Waals surface area contributed by atoms with Crippen LogP contribution in [-0.4, -0.2) is 30.8 Å². The minimum Gasteiger partial charge on any atom is -0.489 e. The molecule has 0 bridgehead atoms. The average Bonchev–Trinajstić information content (AvgIpc) is 2.92. The van der Waals surface area contributed by atoms with E-state index in [2.05, 4.69) is 5.32 Å². The fourth-order valence-electron chi connectivity index (χ4n) is 3.04. The Bertz CT molecular complexity index is 875. The molecule has 2 aromatic carbocycles. The van der Waals surface area contributed by atoms with Gasteiger partial charge in [-0.25, -0.2) is 0 Å². The van der Waals surface area contributed by atoms with Gasteiger partial charge in [-0.3, -0.25) is 4.79 Å². The third-order valence-electron chi connectivity index (χ3n) is 5.58. The average molecular weight is 407 g/mol. The Morgan fingerprint density at radius 2 is 1.60 bits per heavy atom. The summed E-state index contributed by atoms with van der Waals surface area (Å²) < 4.78 is 18.2. The number of nitrogens with one attached hydrogen (secondary N) is 1. The molecular formula is C24H30BNO4. The molecule has 0 spiro atoms. The Morgan fingerprint density at radius 1 is 1.00 bits per heavy atom. The number of hydrogen-bond acceptors (Lipinski definition) is 4. The van der Waals surface area contributed by atoms with Crippen LogP contribution in [0.15, 0.2) is 60.1 Å². The molecular weight excluding hydrogens is 377 g/mol. The summed E-state index contributed by atoms with van der Waals surface area (Å²) in [7, 11) is -0.518. The summed E-state index contributed by atoms with van der Waals surface area (Å²) in [6.45, 7) is 10.4. The van der Waals surface area contributed by atoms with Gasteiger partial charge in [-0.2, -0.15) is 0 Å². The van der Waals surface area contributed by atoms with Crippen molar-refractivity contribution in [2.24, 2.45) is 0 Å². The minimum absolute atomic E-state index is 0.0953. The Hall–Kier alpha value is -2.57. The van der Waals surface area contributed by atoms with Gasteiger partial charge in [0.25, 0.3) is 0 Å². The van der Waals surface area contributed by atoms with Crippen LogP contribution in [0.5, 0.6) is 5.75 Å². The first-order chi connectivity index (χ1) is 14.2. The molecule has 5 nitrogen and oxygen atoms in total. The second-order valence-corrected chi connectivity index (χ2v) is 8.56. The molecule has 6 heteroatoms. The standard InChI is InChI=1S/C24H30BNO4/c1-18(27)26-16-21(25-29-23(2,3)24(4,5)30-25)15-19-11-13-22(14-12-19)28-17-20-9-7-6-8-10-20/h6-15H,16-17H2,1-5H3,(H,26,27). The van der Waals surface area contributed by atoms with Crippen molar-refractivity contribution in [1.29, 1.82) is 0 Å². The lowest BCUT2D eigenvalue weighted by molar-refractivity contribution is -0.118. The van der Waals surface area contributed by atoms with Crippen molar-refractivity contribution in [1.82, 2.24) is 5.32 Å². The molecule has 3 rings (SSSR count). The largest absolute Gasteiger partial charge is 0.492 e. The van der Waals surface area contributed by atoms with E-state index in [1.54, 1.807) is 0 Å². The van der Waals surface area contributed by atoms with Crippen molar-refractivity contribution in [3.05, 3.63) is 71.2 Å². The zero-order valence-corrected chi connectivity index (χ0v) is 18.4. The van der Waals surface area contributed by atoms with Crippen LogP contribution in [-0.2, 0) is 20.7 Å². The lowest BCUT2D eigenvalue weighted by atomic mass is 9.77. The number of ether oxygens (including phenoxy) is 1. The van der Waals surface area contributed by atoms with Crippen molar-refractivity contribution in [2.45, 2.75) is 52.4 Å². The molecule has 0 aliphatic carbocycles. The first-order valence-electron chi connectivity index (χ1n) is 10.2. The molecule has 0 aromatic heterocycles. The van der Waals surface area contributed by atoms with E-state index in [-0.39, 0.29) is 5.91 Å². The van der Waals surface area contributed by atoms with Crippen molar-refractivity contribution in [2.75, 3.05) is 6.54 Å². The van der Waals surface area contributed by atoms with Gasteiger partial charge >= 0.3 is 7.12 Å². The van der Waals surface area contributed by atoms with Crippen LogP contribution in [0.25, 0.3) is 6.08 Å². The summed E-state index contributed by atoms with van der Waals surface area (Å²) in [4.78, 5) is 11.5. The zero-order chi connectivity index (χ0) is 21.8. The maximum atomic E-state index is 11.5. The van der Waals surface area contributed by atoms with E-state index < -0.39 is 18.3 Å². The summed E-state index contributed by atoms with van der Waals surface area (Å²) in [6, 6.07) is 17.9. The molecule has 1 saturated heterocycles. The maximum Gasteiger partial charge on any atom is 0.492 e. The Labute approximate surface area is 179 Å². The number of benzene rings is 2. The molecule has 1 N–H and O–H groups in total. The summed E-state index contributed by atoms with van der Waals surface area (Å²) in [5.41, 5.74) is 2.09.